The van der Waals surface area contributed by atoms with Crippen LogP contribution in [0.2, 0.25) is 0 Å². The maximum absolute atomic E-state index is 11.9. The molecule has 0 radical (unpaired) electrons. The fourth-order valence-corrected chi connectivity index (χ4v) is 1.86. The van der Waals surface area contributed by atoms with Gasteiger partial charge in [-0.1, -0.05) is 22.0 Å². The minimum Gasteiger partial charge on any atom is -0.326 e. The average Bonchev–Trinajstić information content (AvgIpc) is 2.35. The minimum atomic E-state index is -0.0564. The van der Waals surface area contributed by atoms with Crippen molar-refractivity contribution in [2.75, 3.05) is 5.32 Å². The summed E-state index contributed by atoms with van der Waals surface area (Å²) in [6.07, 6.45) is 2.00. The molecular formula is C14H13BrN2O. The first-order valence-corrected chi connectivity index (χ1v) is 6.40. The Bertz CT molecular complexity index is 552. The second-order valence-electron chi connectivity index (χ2n) is 4.00. The van der Waals surface area contributed by atoms with E-state index in [0.717, 1.165) is 21.4 Å². The normalized spacial score (nSPS) is 10.1. The van der Waals surface area contributed by atoms with Crippen molar-refractivity contribution in [1.82, 2.24) is 4.98 Å². The first-order chi connectivity index (χ1) is 8.65. The van der Waals surface area contributed by atoms with E-state index in [1.165, 1.54) is 0 Å². The summed E-state index contributed by atoms with van der Waals surface area (Å²) in [5, 5.41) is 2.85. The van der Waals surface area contributed by atoms with Gasteiger partial charge in [-0.2, -0.15) is 0 Å². The molecule has 2 aromatic rings. The highest BCUT2D eigenvalue weighted by molar-refractivity contribution is 9.10. The number of anilines is 1. The third-order valence-corrected chi connectivity index (χ3v) is 3.10. The van der Waals surface area contributed by atoms with Crippen molar-refractivity contribution >= 4 is 27.5 Å². The number of nitrogens with zero attached hydrogens (tertiary/aromatic N) is 1. The minimum absolute atomic E-state index is 0.0564. The molecule has 0 bridgehead atoms. The van der Waals surface area contributed by atoms with Crippen LogP contribution in [0.5, 0.6) is 0 Å². The lowest BCUT2D eigenvalue weighted by Crippen LogP contribution is -2.15. The highest BCUT2D eigenvalue weighted by Gasteiger charge is 2.07. The van der Waals surface area contributed by atoms with Gasteiger partial charge in [0.05, 0.1) is 12.1 Å². The number of aromatic nitrogens is 1. The van der Waals surface area contributed by atoms with Gasteiger partial charge in [-0.15, -0.1) is 0 Å². The Kier molecular flexibility index (Phi) is 4.10. The van der Waals surface area contributed by atoms with E-state index >= 15 is 0 Å². The monoisotopic (exact) mass is 304 g/mol. The summed E-state index contributed by atoms with van der Waals surface area (Å²) < 4.78 is 0.987. The third kappa shape index (κ3) is 3.40. The molecule has 0 atom stereocenters. The van der Waals surface area contributed by atoms with Crippen molar-refractivity contribution in [1.29, 1.82) is 0 Å². The molecule has 0 aliphatic rings. The van der Waals surface area contributed by atoms with Crippen molar-refractivity contribution in [2.24, 2.45) is 0 Å². The number of pyridine rings is 1. The van der Waals surface area contributed by atoms with Crippen LogP contribution < -0.4 is 5.32 Å². The zero-order valence-corrected chi connectivity index (χ0v) is 11.6. The van der Waals surface area contributed by atoms with E-state index in [0.29, 0.717) is 6.42 Å². The zero-order chi connectivity index (χ0) is 13.0. The number of nitrogens with one attached hydrogen (secondary N) is 1. The van der Waals surface area contributed by atoms with Gasteiger partial charge in [0.2, 0.25) is 5.91 Å². The van der Waals surface area contributed by atoms with Crippen molar-refractivity contribution in [3.63, 3.8) is 0 Å². The Labute approximate surface area is 114 Å². The molecule has 0 saturated carbocycles. The first kappa shape index (κ1) is 12.8. The second kappa shape index (κ2) is 5.78. The Morgan fingerprint density at radius 1 is 1.28 bits per heavy atom. The van der Waals surface area contributed by atoms with Crippen molar-refractivity contribution in [2.45, 2.75) is 13.3 Å². The number of hydrogen-bond acceptors (Lipinski definition) is 2. The maximum atomic E-state index is 11.9. The Balaban J connectivity index is 2.01. The third-order valence-electron chi connectivity index (χ3n) is 2.57. The smallest absolute Gasteiger partial charge is 0.230 e. The molecule has 2 rings (SSSR count). The van der Waals surface area contributed by atoms with Gasteiger partial charge >= 0.3 is 0 Å². The standard InChI is InChI=1S/C14H13BrN2O/c1-10-3-2-8-16-13(10)9-14(18)17-12-6-4-11(15)5-7-12/h2-8H,9H2,1H3,(H,17,18). The molecule has 4 heteroatoms. The average molecular weight is 305 g/mol. The SMILES string of the molecule is Cc1cccnc1CC(=O)Nc1ccc(Br)cc1. The Morgan fingerprint density at radius 2 is 2.00 bits per heavy atom. The van der Waals surface area contributed by atoms with Crippen LogP contribution in [0.3, 0.4) is 0 Å². The first-order valence-electron chi connectivity index (χ1n) is 5.61. The summed E-state index contributed by atoms with van der Waals surface area (Å²) >= 11 is 3.35. The van der Waals surface area contributed by atoms with Crippen LogP contribution in [0.15, 0.2) is 47.1 Å². The quantitative estimate of drug-likeness (QED) is 0.945. The van der Waals surface area contributed by atoms with Crippen molar-refractivity contribution < 1.29 is 4.79 Å². The summed E-state index contributed by atoms with van der Waals surface area (Å²) in [5.74, 6) is -0.0564. The zero-order valence-electron chi connectivity index (χ0n) is 9.98. The van der Waals surface area contributed by atoms with Gasteiger partial charge in [0.1, 0.15) is 0 Å². The molecule has 1 heterocycles. The van der Waals surface area contributed by atoms with Crippen LogP contribution in [0.4, 0.5) is 5.69 Å². The van der Waals surface area contributed by atoms with Crippen molar-refractivity contribution in [3.05, 3.63) is 58.3 Å². The highest BCUT2D eigenvalue weighted by atomic mass is 79.9. The van der Waals surface area contributed by atoms with Gasteiger partial charge in [-0.05, 0) is 42.8 Å². The summed E-state index contributed by atoms with van der Waals surface area (Å²) in [6.45, 7) is 1.95. The van der Waals surface area contributed by atoms with E-state index in [9.17, 15) is 4.79 Å². The van der Waals surface area contributed by atoms with Gasteiger partial charge in [-0.3, -0.25) is 9.78 Å². The lowest BCUT2D eigenvalue weighted by Gasteiger charge is -2.06. The Morgan fingerprint density at radius 3 is 2.67 bits per heavy atom. The molecular weight excluding hydrogens is 292 g/mol. The second-order valence-corrected chi connectivity index (χ2v) is 4.91. The van der Waals surface area contributed by atoms with Crippen LogP contribution in [0.25, 0.3) is 0 Å². The van der Waals surface area contributed by atoms with Gasteiger partial charge in [0.15, 0.2) is 0 Å². The molecule has 0 saturated heterocycles. The molecule has 0 aliphatic carbocycles. The fraction of sp³-hybridized carbons (Fsp3) is 0.143. The summed E-state index contributed by atoms with van der Waals surface area (Å²) in [6, 6.07) is 11.3. The van der Waals surface area contributed by atoms with E-state index in [-0.39, 0.29) is 5.91 Å². The Hall–Kier alpha value is -1.68. The van der Waals surface area contributed by atoms with E-state index in [1.54, 1.807) is 6.20 Å². The van der Waals surface area contributed by atoms with E-state index in [1.807, 2.05) is 43.3 Å². The highest BCUT2D eigenvalue weighted by Crippen LogP contribution is 2.14. The number of amides is 1. The number of benzene rings is 1. The predicted octanol–water partition coefficient (Wildman–Crippen LogP) is 3.33. The van der Waals surface area contributed by atoms with Crippen LogP contribution >= 0.6 is 15.9 Å². The van der Waals surface area contributed by atoms with Crippen molar-refractivity contribution in [3.8, 4) is 0 Å². The number of carbonyl (C=O) groups is 1. The van der Waals surface area contributed by atoms with E-state index in [2.05, 4.69) is 26.2 Å². The number of carbonyl (C=O) groups excluding carboxylic acids is 1. The molecule has 1 aromatic carbocycles. The number of rotatable bonds is 3. The van der Waals surface area contributed by atoms with Gasteiger partial charge in [0, 0.05) is 16.4 Å². The van der Waals surface area contributed by atoms with Crippen LogP contribution in [-0.4, -0.2) is 10.9 Å². The van der Waals surface area contributed by atoms with Gasteiger partial charge in [-0.25, -0.2) is 0 Å². The van der Waals surface area contributed by atoms with Crippen LogP contribution in [0.1, 0.15) is 11.3 Å². The van der Waals surface area contributed by atoms with Gasteiger partial charge < -0.3 is 5.32 Å². The lowest BCUT2D eigenvalue weighted by molar-refractivity contribution is -0.115. The van der Waals surface area contributed by atoms with Crippen LogP contribution in [0, 0.1) is 6.92 Å². The molecule has 3 nitrogen and oxygen atoms in total. The van der Waals surface area contributed by atoms with E-state index < -0.39 is 0 Å². The fourth-order valence-electron chi connectivity index (χ4n) is 1.59. The topological polar surface area (TPSA) is 42.0 Å². The summed E-state index contributed by atoms with van der Waals surface area (Å²) in [7, 11) is 0. The van der Waals surface area contributed by atoms with Gasteiger partial charge in [0.25, 0.3) is 0 Å². The van der Waals surface area contributed by atoms with Crippen LogP contribution in [-0.2, 0) is 11.2 Å². The molecule has 1 amide bonds. The van der Waals surface area contributed by atoms with E-state index in [4.69, 9.17) is 0 Å². The lowest BCUT2D eigenvalue weighted by atomic mass is 10.1. The molecule has 1 aromatic heterocycles. The molecule has 0 spiro atoms. The number of halogens is 1. The largest absolute Gasteiger partial charge is 0.326 e. The molecule has 92 valence electrons. The molecule has 0 aliphatic heterocycles. The molecule has 1 N–H and O–H groups in total. The number of hydrogen-bond donors (Lipinski definition) is 1. The number of aryl methyl sites for hydroxylation is 1. The molecule has 0 unspecified atom stereocenters. The molecule has 18 heavy (non-hydrogen) atoms. The molecule has 0 fully saturated rings. The maximum Gasteiger partial charge on any atom is 0.230 e. The summed E-state index contributed by atoms with van der Waals surface area (Å²) in [5.41, 5.74) is 2.63. The summed E-state index contributed by atoms with van der Waals surface area (Å²) in [4.78, 5) is 16.1. The predicted molar refractivity (Wildman–Crippen MR) is 75.4 cm³/mol.